The summed E-state index contributed by atoms with van der Waals surface area (Å²) in [4.78, 5) is 0. The Bertz CT molecular complexity index is 1570. The second kappa shape index (κ2) is 19.1. The highest BCUT2D eigenvalue weighted by atomic mass is 28.6. The van der Waals surface area contributed by atoms with Crippen LogP contribution >= 0.6 is 0 Å². The first kappa shape index (κ1) is 51.8. The first-order chi connectivity index (χ1) is 28.6. The maximum absolute atomic E-state index is 7.86. The highest BCUT2D eigenvalue weighted by Crippen LogP contribution is 2.55. The third-order valence-corrected chi connectivity index (χ3v) is 53.9. The van der Waals surface area contributed by atoms with Crippen LogP contribution in [-0.2, 0) is 59.9 Å². The van der Waals surface area contributed by atoms with Crippen molar-refractivity contribution in [1.29, 1.82) is 0 Å². The molecule has 6 aliphatic rings. The molecule has 8 bridgehead atoms. The number of hydrogen-bond acceptors (Lipinski definition) is 13. The Hall–Kier alpha value is 0.392. The van der Waals surface area contributed by atoms with E-state index in [9.17, 15) is 0 Å². The molecule has 0 aromatic heterocycles. The van der Waals surface area contributed by atoms with Crippen LogP contribution in [0.15, 0.2) is 30.8 Å². The highest BCUT2D eigenvalue weighted by molar-refractivity contribution is 7.03. The van der Waals surface area contributed by atoms with E-state index in [1.165, 1.54) is 5.56 Å². The quantitative estimate of drug-likeness (QED) is 0.115. The smallest absolute Gasteiger partial charge is 0.395 e. The lowest BCUT2D eigenvalue weighted by Crippen LogP contribution is -2.89. The molecule has 1 aromatic rings. The minimum atomic E-state index is -4.53. The van der Waals surface area contributed by atoms with Crippen LogP contribution in [0.3, 0.4) is 0 Å². The summed E-state index contributed by atoms with van der Waals surface area (Å²) in [5.74, 6) is 0.587. The fourth-order valence-electron chi connectivity index (χ4n) is 9.35. The van der Waals surface area contributed by atoms with Gasteiger partial charge in [-0.3, -0.25) is 0 Å². The van der Waals surface area contributed by atoms with Crippen LogP contribution in [-0.4, -0.2) is 79.0 Å². The summed E-state index contributed by atoms with van der Waals surface area (Å²) in [6.45, 7) is 38.7. The molecule has 6 fully saturated rings. The van der Waals surface area contributed by atoms with Gasteiger partial charge in [0, 0.05) is 42.3 Å². The molecule has 0 atom stereocenters. The van der Waals surface area contributed by atoms with Crippen molar-refractivity contribution in [2.45, 2.75) is 165 Å². The summed E-state index contributed by atoms with van der Waals surface area (Å²) in [5.41, 5.74) is 2.28. The van der Waals surface area contributed by atoms with Crippen LogP contribution in [0.4, 0.5) is 0 Å². The van der Waals surface area contributed by atoms with Gasteiger partial charge in [0.05, 0.1) is 0 Å². The maximum Gasteiger partial charge on any atom is 0.646 e. The summed E-state index contributed by atoms with van der Waals surface area (Å²) in [6, 6.07) is 12.3. The third-order valence-electron chi connectivity index (χ3n) is 10.9. The Morgan fingerprint density at radius 1 is 0.468 bits per heavy atom. The van der Waals surface area contributed by atoms with Gasteiger partial charge in [0.1, 0.15) is 0 Å². The van der Waals surface area contributed by atoms with Gasteiger partial charge in [-0.2, -0.15) is 0 Å². The average molecular weight is 1020 g/mol. The molecule has 6 aliphatic heterocycles. The van der Waals surface area contributed by atoms with Crippen LogP contribution in [0, 0.1) is 41.4 Å². The Labute approximate surface area is 384 Å². The van der Waals surface area contributed by atoms with E-state index in [1.54, 1.807) is 0 Å². The van der Waals surface area contributed by atoms with Gasteiger partial charge in [0.15, 0.2) is 8.32 Å². The average Bonchev–Trinajstić information content (AvgIpc) is 3.01. The predicted molar refractivity (Wildman–Crippen MR) is 260 cm³/mol. The van der Waals surface area contributed by atoms with Crippen LogP contribution in [0.5, 0.6) is 0 Å². The number of hydrogen-bond donors (Lipinski definition) is 0. The zero-order valence-corrected chi connectivity index (χ0v) is 49.8. The van der Waals surface area contributed by atoms with Crippen molar-refractivity contribution in [3.05, 3.63) is 42.0 Å². The Kier molecular flexibility index (Phi) is 15.9. The Morgan fingerprint density at radius 3 is 1.00 bits per heavy atom. The number of benzene rings is 1. The highest BCUT2D eigenvalue weighted by Gasteiger charge is 2.84. The summed E-state index contributed by atoms with van der Waals surface area (Å²) in [7, 11) is -35.5. The van der Waals surface area contributed by atoms with Gasteiger partial charge < -0.3 is 53.5 Å². The molecule has 0 aliphatic carbocycles. The molecule has 62 heavy (non-hydrogen) atoms. The summed E-state index contributed by atoms with van der Waals surface area (Å²) in [6.07, 6.45) is 2.67. The molecule has 0 spiro atoms. The zero-order chi connectivity index (χ0) is 45.8. The molecule has 13 nitrogen and oxygen atoms in total. The van der Waals surface area contributed by atoms with E-state index < -0.39 is 79.0 Å². The second-order valence-corrected chi connectivity index (χ2v) is 50.1. The minimum absolute atomic E-state index is 0.0641. The predicted octanol–water partition coefficient (Wildman–Crippen LogP) is 11.0. The van der Waals surface area contributed by atoms with E-state index >= 15 is 0 Å². The van der Waals surface area contributed by atoms with Gasteiger partial charge in [0.25, 0.3) is 0 Å². The van der Waals surface area contributed by atoms with Crippen molar-refractivity contribution in [2.24, 2.45) is 41.4 Å². The molecule has 7 rings (SSSR count). The lowest BCUT2D eigenvalue weighted by molar-refractivity contribution is -0.0504. The normalized spacial score (nSPS) is 37.2. The lowest BCUT2D eigenvalue weighted by atomic mass is 10.1. The van der Waals surface area contributed by atoms with Gasteiger partial charge in [-0.05, 0) is 78.1 Å². The first-order valence-corrected chi connectivity index (χ1v) is 41.7. The van der Waals surface area contributed by atoms with Crippen molar-refractivity contribution >= 4 is 85.1 Å². The van der Waals surface area contributed by atoms with E-state index in [4.69, 9.17) is 53.5 Å². The maximum atomic E-state index is 7.86. The SMILES string of the molecule is C=Cc1cccc(CC[Si](C)(C)O[Si]23O[Si]4(CC(C)C)O[Si]5(CC(C)C)O[Si]6(CC(C)C)O[Si](CC(C)C)(O4)O[Si](CC(C)C)(O[Si](CC(C)C)(O6)O[Si](CC(C)C)(O5)O2)O3)c1. The summed E-state index contributed by atoms with van der Waals surface area (Å²) < 4.78 is 102. The summed E-state index contributed by atoms with van der Waals surface area (Å²) in [5, 5.41) is 0. The molecule has 1 aromatic carbocycles. The van der Waals surface area contributed by atoms with Crippen molar-refractivity contribution in [3.8, 4) is 0 Å². The number of aryl methyl sites for hydroxylation is 1. The van der Waals surface area contributed by atoms with Crippen LogP contribution in [0.2, 0.25) is 61.4 Å². The van der Waals surface area contributed by atoms with Crippen molar-refractivity contribution in [1.82, 2.24) is 0 Å². The lowest BCUT2D eigenvalue weighted by Gasteiger charge is -2.63. The zero-order valence-electron chi connectivity index (χ0n) is 40.8. The van der Waals surface area contributed by atoms with Gasteiger partial charge in [-0.1, -0.05) is 134 Å². The molecule has 0 saturated carbocycles. The van der Waals surface area contributed by atoms with Crippen LogP contribution in [0.1, 0.15) is 108 Å². The fraction of sp³-hybridized carbons (Fsp3) is 0.800. The molecule has 22 heteroatoms. The van der Waals surface area contributed by atoms with E-state index in [0.29, 0.717) is 42.3 Å². The molecule has 354 valence electrons. The Balaban J connectivity index is 1.70. The monoisotopic (exact) mass is 1020 g/mol. The molecule has 6 heterocycles. The topological polar surface area (TPSA) is 120 Å². The van der Waals surface area contributed by atoms with Crippen LogP contribution in [0.25, 0.3) is 6.08 Å². The van der Waals surface area contributed by atoms with E-state index in [2.05, 4.69) is 141 Å². The van der Waals surface area contributed by atoms with Gasteiger partial charge in [-0.25, -0.2) is 0 Å². The summed E-state index contributed by atoms with van der Waals surface area (Å²) >= 11 is 0. The fourth-order valence-corrected chi connectivity index (χ4v) is 63.6. The molecule has 0 amide bonds. The molecular formula is C40H80O13Si9. The second-order valence-electron chi connectivity index (χ2n) is 22.0. The number of rotatable bonds is 20. The Morgan fingerprint density at radius 2 is 0.742 bits per heavy atom. The third kappa shape index (κ3) is 12.3. The van der Waals surface area contributed by atoms with Gasteiger partial charge in [0.2, 0.25) is 0 Å². The van der Waals surface area contributed by atoms with E-state index in [0.717, 1.165) is 18.0 Å². The van der Waals surface area contributed by atoms with Crippen molar-refractivity contribution < 1.29 is 53.5 Å². The largest absolute Gasteiger partial charge is 0.646 e. The van der Waals surface area contributed by atoms with Gasteiger partial charge in [-0.15, -0.1) is 0 Å². The molecular weight excluding hydrogens is 941 g/mol. The molecule has 0 radical (unpaired) electrons. The first-order valence-electron chi connectivity index (χ1n) is 23.4. The van der Waals surface area contributed by atoms with E-state index in [-0.39, 0.29) is 41.4 Å². The van der Waals surface area contributed by atoms with E-state index in [1.807, 2.05) is 6.08 Å². The van der Waals surface area contributed by atoms with Crippen molar-refractivity contribution in [3.63, 3.8) is 0 Å². The van der Waals surface area contributed by atoms with Gasteiger partial charge >= 0.3 is 70.7 Å². The molecule has 0 N–H and O–H groups in total. The molecule has 0 unspecified atom stereocenters. The minimum Gasteiger partial charge on any atom is -0.395 e. The van der Waals surface area contributed by atoms with Crippen LogP contribution < -0.4 is 0 Å². The molecule has 6 saturated heterocycles. The standard InChI is InChI=1S/C40H80O13Si9/c1-18-39-20-19-21-40(24-39)22-23-54(16,17)41-62-51-59(29-36(10)11)45-56(26-33(4)5)42-55(25-32(2)3)43-57(47-59,27-34(6)7)49-61(53-62,31-38(14)15)50-58(44-55,28-35(8)9)48-60(46-56,52-62)30-37(12)13/h18-21,24,32-38H,1,22-23,25-31H2,2-17H3. The van der Waals surface area contributed by atoms with Crippen molar-refractivity contribution in [2.75, 3.05) is 0 Å².